The van der Waals surface area contributed by atoms with Crippen molar-refractivity contribution < 1.29 is 9.90 Å². The Morgan fingerprint density at radius 3 is 2.71 bits per heavy atom. The van der Waals surface area contributed by atoms with Crippen molar-refractivity contribution >= 4 is 5.78 Å². The minimum atomic E-state index is 0.0204. The highest BCUT2D eigenvalue weighted by atomic mass is 16.3. The largest absolute Gasteiger partial charge is 0.508 e. The number of Topliss-reactive ketones (excluding diaryl/α,β-unsaturated/α-hetero) is 1. The standard InChI is InChI=1S/C12H16O2/c1-3-4-6-11-10(9(2)13)7-5-8-12(11)14/h5,7-8,14H,3-4,6H2,1-2H3. The number of carbonyl (C=O) groups is 1. The maximum absolute atomic E-state index is 11.3. The topological polar surface area (TPSA) is 37.3 Å². The molecule has 0 spiro atoms. The summed E-state index contributed by atoms with van der Waals surface area (Å²) < 4.78 is 0. The first kappa shape index (κ1) is 10.8. The molecule has 1 N–H and O–H groups in total. The van der Waals surface area contributed by atoms with Gasteiger partial charge in [0.25, 0.3) is 0 Å². The van der Waals surface area contributed by atoms with Crippen molar-refractivity contribution in [2.45, 2.75) is 33.1 Å². The van der Waals surface area contributed by atoms with Gasteiger partial charge in [0.15, 0.2) is 5.78 Å². The summed E-state index contributed by atoms with van der Waals surface area (Å²) in [4.78, 5) is 11.3. The molecule has 0 aromatic heterocycles. The maximum Gasteiger partial charge on any atom is 0.160 e. The Labute approximate surface area is 84.6 Å². The van der Waals surface area contributed by atoms with Crippen LogP contribution in [0.3, 0.4) is 0 Å². The van der Waals surface area contributed by atoms with Crippen molar-refractivity contribution in [1.82, 2.24) is 0 Å². The Bertz CT molecular complexity index is 329. The van der Waals surface area contributed by atoms with E-state index in [2.05, 4.69) is 6.92 Å². The van der Waals surface area contributed by atoms with Crippen LogP contribution in [0.4, 0.5) is 0 Å². The van der Waals surface area contributed by atoms with Crippen LogP contribution in [0, 0.1) is 0 Å². The number of aromatic hydroxyl groups is 1. The zero-order valence-corrected chi connectivity index (χ0v) is 8.71. The van der Waals surface area contributed by atoms with Crippen LogP contribution in [0.25, 0.3) is 0 Å². The van der Waals surface area contributed by atoms with E-state index < -0.39 is 0 Å². The Morgan fingerprint density at radius 2 is 2.14 bits per heavy atom. The first-order valence-corrected chi connectivity index (χ1v) is 4.98. The van der Waals surface area contributed by atoms with E-state index in [0.29, 0.717) is 5.56 Å². The number of hydrogen-bond acceptors (Lipinski definition) is 2. The van der Waals surface area contributed by atoms with Gasteiger partial charge in [0.05, 0.1) is 0 Å². The van der Waals surface area contributed by atoms with Crippen molar-refractivity contribution in [3.63, 3.8) is 0 Å². The quantitative estimate of drug-likeness (QED) is 0.745. The lowest BCUT2D eigenvalue weighted by Crippen LogP contribution is -1.99. The van der Waals surface area contributed by atoms with E-state index in [0.717, 1.165) is 24.8 Å². The fourth-order valence-corrected chi connectivity index (χ4v) is 1.52. The molecule has 0 bridgehead atoms. The molecule has 0 aliphatic carbocycles. The minimum absolute atomic E-state index is 0.0204. The van der Waals surface area contributed by atoms with Crippen LogP contribution >= 0.6 is 0 Å². The molecule has 0 amide bonds. The second-order valence-corrected chi connectivity index (χ2v) is 3.46. The Kier molecular flexibility index (Phi) is 3.69. The molecule has 0 unspecified atom stereocenters. The van der Waals surface area contributed by atoms with Crippen LogP contribution in [0.1, 0.15) is 42.6 Å². The molecular formula is C12H16O2. The van der Waals surface area contributed by atoms with Crippen LogP contribution in [-0.4, -0.2) is 10.9 Å². The van der Waals surface area contributed by atoms with Crippen LogP contribution in [0.15, 0.2) is 18.2 Å². The predicted octanol–water partition coefficient (Wildman–Crippen LogP) is 2.94. The smallest absolute Gasteiger partial charge is 0.160 e. The normalized spacial score (nSPS) is 10.1. The lowest BCUT2D eigenvalue weighted by atomic mass is 9.98. The Morgan fingerprint density at radius 1 is 1.43 bits per heavy atom. The summed E-state index contributed by atoms with van der Waals surface area (Å²) >= 11 is 0. The highest BCUT2D eigenvalue weighted by molar-refractivity contribution is 5.96. The van der Waals surface area contributed by atoms with Gasteiger partial charge < -0.3 is 5.11 Å². The van der Waals surface area contributed by atoms with Gasteiger partial charge in [-0.2, -0.15) is 0 Å². The number of benzene rings is 1. The number of ketones is 1. The third-order valence-electron chi connectivity index (χ3n) is 2.31. The second-order valence-electron chi connectivity index (χ2n) is 3.46. The number of carbonyl (C=O) groups excluding carboxylic acids is 1. The minimum Gasteiger partial charge on any atom is -0.508 e. The molecule has 14 heavy (non-hydrogen) atoms. The van der Waals surface area contributed by atoms with Gasteiger partial charge in [0.1, 0.15) is 5.75 Å². The van der Waals surface area contributed by atoms with Gasteiger partial charge >= 0.3 is 0 Å². The fraction of sp³-hybridized carbons (Fsp3) is 0.417. The molecule has 76 valence electrons. The third-order valence-corrected chi connectivity index (χ3v) is 2.31. The van der Waals surface area contributed by atoms with E-state index in [-0.39, 0.29) is 11.5 Å². The second kappa shape index (κ2) is 4.80. The zero-order chi connectivity index (χ0) is 10.6. The van der Waals surface area contributed by atoms with Crippen LogP contribution in [-0.2, 0) is 6.42 Å². The summed E-state index contributed by atoms with van der Waals surface area (Å²) in [6.45, 7) is 3.62. The fourth-order valence-electron chi connectivity index (χ4n) is 1.52. The first-order valence-electron chi connectivity index (χ1n) is 4.98. The summed E-state index contributed by atoms with van der Waals surface area (Å²) in [5, 5.41) is 9.61. The number of phenols is 1. The zero-order valence-electron chi connectivity index (χ0n) is 8.71. The van der Waals surface area contributed by atoms with E-state index in [1.54, 1.807) is 18.2 Å². The third kappa shape index (κ3) is 2.34. The van der Waals surface area contributed by atoms with E-state index in [4.69, 9.17) is 0 Å². The lowest BCUT2D eigenvalue weighted by molar-refractivity contribution is 0.101. The number of rotatable bonds is 4. The van der Waals surface area contributed by atoms with Crippen LogP contribution in [0.5, 0.6) is 5.75 Å². The van der Waals surface area contributed by atoms with Crippen molar-refractivity contribution in [3.8, 4) is 5.75 Å². The predicted molar refractivity (Wildman–Crippen MR) is 56.7 cm³/mol. The van der Waals surface area contributed by atoms with Gasteiger partial charge in [-0.1, -0.05) is 25.5 Å². The van der Waals surface area contributed by atoms with E-state index in [1.807, 2.05) is 0 Å². The molecule has 1 aromatic rings. The highest BCUT2D eigenvalue weighted by Crippen LogP contribution is 2.23. The van der Waals surface area contributed by atoms with E-state index >= 15 is 0 Å². The number of hydrogen-bond donors (Lipinski definition) is 1. The monoisotopic (exact) mass is 192 g/mol. The molecule has 2 nitrogen and oxygen atoms in total. The average molecular weight is 192 g/mol. The molecule has 2 heteroatoms. The average Bonchev–Trinajstić information content (AvgIpc) is 2.15. The van der Waals surface area contributed by atoms with E-state index in [1.165, 1.54) is 6.92 Å². The van der Waals surface area contributed by atoms with Crippen LogP contribution in [0.2, 0.25) is 0 Å². The Hall–Kier alpha value is -1.31. The SMILES string of the molecule is CCCCc1c(O)cccc1C(C)=O. The van der Waals surface area contributed by atoms with Gasteiger partial charge in [-0.15, -0.1) is 0 Å². The van der Waals surface area contributed by atoms with E-state index in [9.17, 15) is 9.90 Å². The molecule has 0 saturated heterocycles. The molecule has 1 aromatic carbocycles. The van der Waals surface area contributed by atoms with Gasteiger partial charge in [0, 0.05) is 11.1 Å². The molecule has 0 atom stereocenters. The molecule has 0 radical (unpaired) electrons. The molecular weight excluding hydrogens is 176 g/mol. The summed E-state index contributed by atoms with van der Waals surface area (Å²) in [6.07, 6.45) is 2.83. The van der Waals surface area contributed by atoms with Crippen LogP contribution < -0.4 is 0 Å². The molecule has 0 saturated carbocycles. The van der Waals surface area contributed by atoms with Gasteiger partial charge in [-0.3, -0.25) is 4.79 Å². The number of phenolic OH excluding ortho intramolecular Hbond substituents is 1. The lowest BCUT2D eigenvalue weighted by Gasteiger charge is -2.08. The van der Waals surface area contributed by atoms with Gasteiger partial charge in [0.2, 0.25) is 0 Å². The Balaban J connectivity index is 3.02. The molecule has 1 rings (SSSR count). The molecule has 0 aliphatic rings. The molecule has 0 aliphatic heterocycles. The summed E-state index contributed by atoms with van der Waals surface area (Å²) in [5.41, 5.74) is 1.44. The van der Waals surface area contributed by atoms with Crippen molar-refractivity contribution in [1.29, 1.82) is 0 Å². The summed E-state index contributed by atoms with van der Waals surface area (Å²) in [5.74, 6) is 0.262. The van der Waals surface area contributed by atoms with Gasteiger partial charge in [-0.05, 0) is 25.8 Å². The summed E-state index contributed by atoms with van der Waals surface area (Å²) in [6, 6.07) is 5.12. The van der Waals surface area contributed by atoms with Crippen molar-refractivity contribution in [2.75, 3.05) is 0 Å². The molecule has 0 fully saturated rings. The van der Waals surface area contributed by atoms with Crippen molar-refractivity contribution in [2.24, 2.45) is 0 Å². The maximum atomic E-state index is 11.3. The first-order chi connectivity index (χ1) is 6.66. The number of unbranched alkanes of at least 4 members (excludes halogenated alkanes) is 1. The summed E-state index contributed by atoms with van der Waals surface area (Å²) in [7, 11) is 0. The van der Waals surface area contributed by atoms with Gasteiger partial charge in [-0.25, -0.2) is 0 Å². The molecule has 0 heterocycles. The highest BCUT2D eigenvalue weighted by Gasteiger charge is 2.10. The van der Waals surface area contributed by atoms with Crippen molar-refractivity contribution in [3.05, 3.63) is 29.3 Å².